The van der Waals surface area contributed by atoms with Gasteiger partial charge in [0.2, 0.25) is 0 Å². The first-order chi connectivity index (χ1) is 9.20. The zero-order valence-electron chi connectivity index (χ0n) is 12.1. The highest BCUT2D eigenvalue weighted by molar-refractivity contribution is 5.74. The Bertz CT molecular complexity index is 425. The predicted octanol–water partition coefficient (Wildman–Crippen LogP) is 0.825. The van der Waals surface area contributed by atoms with E-state index in [0.29, 0.717) is 0 Å². The Kier molecular flexibility index (Phi) is 5.68. The van der Waals surface area contributed by atoms with Crippen LogP contribution < -0.4 is 5.73 Å². The fraction of sp³-hybridized carbons (Fsp3) is 0.533. The number of rotatable bonds is 5. The van der Waals surface area contributed by atoms with E-state index in [2.05, 4.69) is 0 Å². The summed E-state index contributed by atoms with van der Waals surface area (Å²) in [5, 5.41) is 19.3. The number of nitrogens with two attached hydrogens (primary N) is 1. The molecule has 1 unspecified atom stereocenters. The molecule has 4 N–H and O–H groups in total. The van der Waals surface area contributed by atoms with Crippen molar-refractivity contribution in [1.82, 2.24) is 0 Å². The molecule has 0 aliphatic rings. The number of hydrogen-bond acceptors (Lipinski definition) is 5. The van der Waals surface area contributed by atoms with Crippen LogP contribution in [0.4, 0.5) is 0 Å². The molecule has 0 aliphatic carbocycles. The highest BCUT2D eigenvalue weighted by Gasteiger charge is 2.34. The first-order valence-corrected chi connectivity index (χ1v) is 6.59. The molecule has 3 atom stereocenters. The number of esters is 1. The standard InChI is InChI=1S/C15H23NO4/c1-15(2,3)20-14(19)11(12(17)13(16)18)9-10-7-5-4-6-8-10/h4-8,11-13,17-18H,9,16H2,1-3H3/t11-,12+,13?/m0/s1. The van der Waals surface area contributed by atoms with Crippen molar-refractivity contribution in [2.75, 3.05) is 0 Å². The van der Waals surface area contributed by atoms with Gasteiger partial charge in [-0.2, -0.15) is 0 Å². The average Bonchev–Trinajstić information content (AvgIpc) is 2.34. The zero-order valence-corrected chi connectivity index (χ0v) is 12.1. The summed E-state index contributed by atoms with van der Waals surface area (Å²) in [6.07, 6.45) is -2.60. The van der Waals surface area contributed by atoms with Crippen LogP contribution in [0.2, 0.25) is 0 Å². The number of carbonyl (C=O) groups excluding carboxylic acids is 1. The van der Waals surface area contributed by atoms with E-state index in [9.17, 15) is 15.0 Å². The molecule has 0 saturated heterocycles. The summed E-state index contributed by atoms with van der Waals surface area (Å²) in [5.41, 5.74) is 5.49. The second kappa shape index (κ2) is 6.83. The minimum Gasteiger partial charge on any atom is -0.460 e. The minimum atomic E-state index is -1.49. The molecular formula is C15H23NO4. The lowest BCUT2D eigenvalue weighted by Crippen LogP contribution is -2.45. The number of hydrogen-bond donors (Lipinski definition) is 3. The molecule has 0 spiro atoms. The van der Waals surface area contributed by atoms with Gasteiger partial charge in [0.1, 0.15) is 17.9 Å². The molecule has 0 aliphatic heterocycles. The van der Waals surface area contributed by atoms with Crippen molar-refractivity contribution in [3.63, 3.8) is 0 Å². The quantitative estimate of drug-likeness (QED) is 0.549. The molecule has 1 rings (SSSR count). The highest BCUT2D eigenvalue weighted by Crippen LogP contribution is 2.19. The Morgan fingerprint density at radius 2 is 1.80 bits per heavy atom. The zero-order chi connectivity index (χ0) is 15.3. The molecule has 5 nitrogen and oxygen atoms in total. The number of ether oxygens (including phenoxy) is 1. The second-order valence-corrected chi connectivity index (χ2v) is 5.81. The van der Waals surface area contributed by atoms with Crippen molar-refractivity contribution in [1.29, 1.82) is 0 Å². The lowest BCUT2D eigenvalue weighted by molar-refractivity contribution is -0.167. The first kappa shape index (κ1) is 16.6. The molecule has 0 fully saturated rings. The molecule has 0 saturated carbocycles. The van der Waals surface area contributed by atoms with E-state index in [-0.39, 0.29) is 6.42 Å². The highest BCUT2D eigenvalue weighted by atomic mass is 16.6. The van der Waals surface area contributed by atoms with Crippen LogP contribution in [0.5, 0.6) is 0 Å². The van der Waals surface area contributed by atoms with Gasteiger partial charge in [-0.1, -0.05) is 30.3 Å². The van der Waals surface area contributed by atoms with Crippen molar-refractivity contribution in [2.24, 2.45) is 11.7 Å². The van der Waals surface area contributed by atoms with Gasteiger partial charge in [-0.3, -0.25) is 4.79 Å². The van der Waals surface area contributed by atoms with E-state index < -0.39 is 29.8 Å². The smallest absolute Gasteiger partial charge is 0.312 e. The predicted molar refractivity (Wildman–Crippen MR) is 75.7 cm³/mol. The van der Waals surface area contributed by atoms with Crippen molar-refractivity contribution >= 4 is 5.97 Å². The van der Waals surface area contributed by atoms with Crippen molar-refractivity contribution in [2.45, 2.75) is 45.1 Å². The second-order valence-electron chi connectivity index (χ2n) is 5.81. The normalized spacial score (nSPS) is 16.3. The van der Waals surface area contributed by atoms with Crippen LogP contribution in [-0.2, 0) is 16.0 Å². The van der Waals surface area contributed by atoms with E-state index in [4.69, 9.17) is 10.5 Å². The SMILES string of the molecule is CC(C)(C)OC(=O)[C@@H](Cc1ccccc1)[C@@H](O)C(N)O. The molecule has 0 aromatic heterocycles. The van der Waals surface area contributed by atoms with Crippen molar-refractivity contribution in [3.8, 4) is 0 Å². The van der Waals surface area contributed by atoms with Gasteiger partial charge in [-0.05, 0) is 32.8 Å². The van der Waals surface area contributed by atoms with E-state index in [0.717, 1.165) is 5.56 Å². The molecule has 112 valence electrons. The Morgan fingerprint density at radius 3 is 2.25 bits per heavy atom. The summed E-state index contributed by atoms with van der Waals surface area (Å²) in [6.45, 7) is 5.24. The summed E-state index contributed by atoms with van der Waals surface area (Å²) >= 11 is 0. The topological polar surface area (TPSA) is 92.8 Å². The van der Waals surface area contributed by atoms with Crippen LogP contribution in [0.25, 0.3) is 0 Å². The van der Waals surface area contributed by atoms with Gasteiger partial charge in [-0.15, -0.1) is 0 Å². The molecule has 0 heterocycles. The third-order valence-corrected chi connectivity index (χ3v) is 2.77. The van der Waals surface area contributed by atoms with Gasteiger partial charge >= 0.3 is 5.97 Å². The maximum atomic E-state index is 12.2. The molecule has 5 heteroatoms. The average molecular weight is 281 g/mol. The lowest BCUT2D eigenvalue weighted by Gasteiger charge is -2.27. The summed E-state index contributed by atoms with van der Waals surface area (Å²) in [5.74, 6) is -1.48. The molecule has 1 aromatic carbocycles. The van der Waals surface area contributed by atoms with Gasteiger partial charge < -0.3 is 20.7 Å². The van der Waals surface area contributed by atoms with E-state index >= 15 is 0 Å². The van der Waals surface area contributed by atoms with E-state index in [1.807, 2.05) is 30.3 Å². The fourth-order valence-electron chi connectivity index (χ4n) is 1.83. The Labute approximate surface area is 119 Å². The Hall–Kier alpha value is -1.43. The fourth-order valence-corrected chi connectivity index (χ4v) is 1.83. The third-order valence-electron chi connectivity index (χ3n) is 2.77. The molecule has 1 aromatic rings. The molecule has 0 amide bonds. The molecular weight excluding hydrogens is 258 g/mol. The summed E-state index contributed by atoms with van der Waals surface area (Å²) in [4.78, 5) is 12.2. The Morgan fingerprint density at radius 1 is 1.25 bits per heavy atom. The minimum absolute atomic E-state index is 0.255. The van der Waals surface area contributed by atoms with Crippen LogP contribution >= 0.6 is 0 Å². The van der Waals surface area contributed by atoms with Crippen molar-refractivity contribution in [3.05, 3.63) is 35.9 Å². The summed E-state index contributed by atoms with van der Waals surface area (Å²) < 4.78 is 5.28. The van der Waals surface area contributed by atoms with E-state index in [1.165, 1.54) is 0 Å². The van der Waals surface area contributed by atoms with Crippen LogP contribution in [-0.4, -0.2) is 34.1 Å². The summed E-state index contributed by atoms with van der Waals surface area (Å²) in [7, 11) is 0. The van der Waals surface area contributed by atoms with Gasteiger partial charge in [0.15, 0.2) is 0 Å². The monoisotopic (exact) mass is 281 g/mol. The van der Waals surface area contributed by atoms with Crippen LogP contribution in [0.3, 0.4) is 0 Å². The number of benzene rings is 1. The molecule has 0 bridgehead atoms. The number of carbonyl (C=O) groups is 1. The lowest BCUT2D eigenvalue weighted by atomic mass is 9.93. The van der Waals surface area contributed by atoms with Gasteiger partial charge in [0.25, 0.3) is 0 Å². The third kappa shape index (κ3) is 5.28. The van der Waals surface area contributed by atoms with E-state index in [1.54, 1.807) is 20.8 Å². The largest absolute Gasteiger partial charge is 0.460 e. The summed E-state index contributed by atoms with van der Waals surface area (Å²) in [6, 6.07) is 9.22. The first-order valence-electron chi connectivity index (χ1n) is 6.59. The maximum absolute atomic E-state index is 12.2. The number of aliphatic hydroxyl groups is 2. The Balaban J connectivity index is 2.88. The van der Waals surface area contributed by atoms with Crippen LogP contribution in [0.1, 0.15) is 26.3 Å². The molecule has 0 radical (unpaired) electrons. The van der Waals surface area contributed by atoms with Crippen molar-refractivity contribution < 1.29 is 19.7 Å². The number of aliphatic hydroxyl groups excluding tert-OH is 2. The van der Waals surface area contributed by atoms with Gasteiger partial charge in [0, 0.05) is 0 Å². The van der Waals surface area contributed by atoms with Crippen LogP contribution in [0.15, 0.2) is 30.3 Å². The van der Waals surface area contributed by atoms with Crippen LogP contribution in [0, 0.1) is 5.92 Å². The van der Waals surface area contributed by atoms with Gasteiger partial charge in [-0.25, -0.2) is 0 Å². The molecule has 20 heavy (non-hydrogen) atoms. The maximum Gasteiger partial charge on any atom is 0.312 e. The van der Waals surface area contributed by atoms with Gasteiger partial charge in [0.05, 0.1) is 5.92 Å².